The maximum absolute atomic E-state index is 12.5. The van der Waals surface area contributed by atoms with Crippen molar-refractivity contribution in [1.82, 2.24) is 0 Å². The first-order valence-electron chi connectivity index (χ1n) is 10.5. The van der Waals surface area contributed by atoms with E-state index in [4.69, 9.17) is 9.47 Å². The lowest BCUT2D eigenvalue weighted by Gasteiger charge is -2.31. The smallest absolute Gasteiger partial charge is 0.347 e. The first kappa shape index (κ1) is 23.5. The van der Waals surface area contributed by atoms with Crippen LogP contribution in [0.25, 0.3) is 0 Å². The van der Waals surface area contributed by atoms with E-state index in [1.807, 2.05) is 19.9 Å². The summed E-state index contributed by atoms with van der Waals surface area (Å²) in [5.74, 6) is 0.529. The summed E-state index contributed by atoms with van der Waals surface area (Å²) in [4.78, 5) is 12.5. The minimum atomic E-state index is -0.561. The molecule has 0 spiro atoms. The van der Waals surface area contributed by atoms with Crippen LogP contribution in [0.4, 0.5) is 0 Å². The Bertz CT molecular complexity index is 614. The van der Waals surface area contributed by atoms with E-state index >= 15 is 0 Å². The molecule has 0 bridgehead atoms. The predicted molar refractivity (Wildman–Crippen MR) is 114 cm³/mol. The second-order valence-corrected chi connectivity index (χ2v) is 9.07. The lowest BCUT2D eigenvalue weighted by molar-refractivity contribution is -0.156. The average molecular weight is 377 g/mol. The lowest BCUT2D eigenvalue weighted by Crippen LogP contribution is -2.32. The highest BCUT2D eigenvalue weighted by Gasteiger charge is 2.29. The van der Waals surface area contributed by atoms with Gasteiger partial charge in [-0.15, -0.1) is 0 Å². The molecule has 0 amide bonds. The van der Waals surface area contributed by atoms with Gasteiger partial charge in [-0.05, 0) is 55.6 Å². The maximum atomic E-state index is 12.5. The Balaban J connectivity index is 3.33. The Hall–Kier alpha value is -1.51. The maximum Gasteiger partial charge on any atom is 0.347 e. The molecule has 3 nitrogen and oxygen atoms in total. The van der Waals surface area contributed by atoms with Crippen LogP contribution in [0.5, 0.6) is 5.75 Å². The number of ether oxygens (including phenoxy) is 2. The van der Waals surface area contributed by atoms with Gasteiger partial charge in [-0.25, -0.2) is 4.79 Å². The second-order valence-electron chi connectivity index (χ2n) is 9.07. The minimum absolute atomic E-state index is 0.0338. The van der Waals surface area contributed by atoms with E-state index in [0.29, 0.717) is 6.42 Å². The van der Waals surface area contributed by atoms with E-state index in [2.05, 4.69) is 60.6 Å². The highest BCUT2D eigenvalue weighted by Crippen LogP contribution is 2.39. The average Bonchev–Trinajstić information content (AvgIpc) is 2.60. The molecule has 1 aromatic rings. The summed E-state index contributed by atoms with van der Waals surface area (Å²) < 4.78 is 11.7. The van der Waals surface area contributed by atoms with Crippen molar-refractivity contribution in [3.63, 3.8) is 0 Å². The van der Waals surface area contributed by atoms with Crippen molar-refractivity contribution in [3.05, 3.63) is 29.3 Å². The molecule has 1 aromatic carbocycles. The quantitative estimate of drug-likeness (QED) is 0.434. The molecule has 3 heteroatoms. The van der Waals surface area contributed by atoms with Crippen LogP contribution in [0.1, 0.15) is 99.1 Å². The third kappa shape index (κ3) is 6.26. The minimum Gasteiger partial charge on any atom is -0.478 e. The molecule has 0 fully saturated rings. The summed E-state index contributed by atoms with van der Waals surface area (Å²) in [5, 5.41) is 0. The molecule has 1 rings (SSSR count). The largest absolute Gasteiger partial charge is 0.478 e. The summed E-state index contributed by atoms with van der Waals surface area (Å²) in [7, 11) is 0. The van der Waals surface area contributed by atoms with Crippen LogP contribution in [0, 0.1) is 0 Å². The molecule has 0 radical (unpaired) electrons. The molecule has 0 aliphatic heterocycles. The lowest BCUT2D eigenvalue weighted by atomic mass is 9.76. The SMILES string of the molecule is CCCC(Oc1ccc(C(C)(C)CC)cc1C(C)(C)CC)C(=O)OC(C)C. The molecule has 1 atom stereocenters. The van der Waals surface area contributed by atoms with Crippen molar-refractivity contribution in [1.29, 1.82) is 0 Å². The molecule has 1 unspecified atom stereocenters. The van der Waals surface area contributed by atoms with Gasteiger partial charge in [0.1, 0.15) is 5.75 Å². The van der Waals surface area contributed by atoms with Crippen molar-refractivity contribution in [2.45, 2.75) is 111 Å². The van der Waals surface area contributed by atoms with Crippen molar-refractivity contribution in [2.24, 2.45) is 0 Å². The van der Waals surface area contributed by atoms with Crippen LogP contribution in [0.2, 0.25) is 0 Å². The highest BCUT2D eigenvalue weighted by molar-refractivity contribution is 5.75. The topological polar surface area (TPSA) is 35.5 Å². The zero-order valence-electron chi connectivity index (χ0n) is 18.9. The zero-order valence-corrected chi connectivity index (χ0v) is 18.9. The van der Waals surface area contributed by atoms with Gasteiger partial charge in [0.15, 0.2) is 6.10 Å². The van der Waals surface area contributed by atoms with Gasteiger partial charge < -0.3 is 9.47 Å². The van der Waals surface area contributed by atoms with E-state index in [-0.39, 0.29) is 22.9 Å². The fourth-order valence-corrected chi connectivity index (χ4v) is 2.93. The summed E-state index contributed by atoms with van der Waals surface area (Å²) in [5.41, 5.74) is 2.55. The fraction of sp³-hybridized carbons (Fsp3) is 0.708. The van der Waals surface area contributed by atoms with Crippen molar-refractivity contribution < 1.29 is 14.3 Å². The van der Waals surface area contributed by atoms with E-state index in [1.165, 1.54) is 11.1 Å². The first-order chi connectivity index (χ1) is 12.5. The van der Waals surface area contributed by atoms with Crippen LogP contribution in [0.15, 0.2) is 18.2 Å². The van der Waals surface area contributed by atoms with E-state index in [1.54, 1.807) is 0 Å². The Labute approximate surface area is 166 Å². The zero-order chi connectivity index (χ0) is 20.8. The number of carbonyl (C=O) groups excluding carboxylic acids is 1. The van der Waals surface area contributed by atoms with Crippen LogP contribution in [-0.4, -0.2) is 18.2 Å². The van der Waals surface area contributed by atoms with E-state index in [0.717, 1.165) is 25.0 Å². The molecule has 0 aliphatic carbocycles. The monoisotopic (exact) mass is 376 g/mol. The molecule has 0 heterocycles. The number of hydrogen-bond acceptors (Lipinski definition) is 3. The van der Waals surface area contributed by atoms with Crippen LogP contribution < -0.4 is 4.74 Å². The van der Waals surface area contributed by atoms with E-state index < -0.39 is 6.10 Å². The summed E-state index contributed by atoms with van der Waals surface area (Å²) in [6.07, 6.45) is 2.88. The van der Waals surface area contributed by atoms with E-state index in [9.17, 15) is 4.79 Å². The van der Waals surface area contributed by atoms with Gasteiger partial charge in [0.05, 0.1) is 6.10 Å². The van der Waals surface area contributed by atoms with Gasteiger partial charge in [-0.3, -0.25) is 0 Å². The number of hydrogen-bond donors (Lipinski definition) is 0. The molecular weight excluding hydrogens is 336 g/mol. The van der Waals surface area contributed by atoms with Crippen LogP contribution in [-0.2, 0) is 20.4 Å². The highest BCUT2D eigenvalue weighted by atomic mass is 16.6. The van der Waals surface area contributed by atoms with Crippen molar-refractivity contribution in [2.75, 3.05) is 0 Å². The van der Waals surface area contributed by atoms with Gasteiger partial charge in [0, 0.05) is 5.56 Å². The standard InChI is InChI=1S/C24H40O3/c1-10-13-21(22(25)26-17(4)5)27-20-15-14-18(23(6,7)11-2)16-19(20)24(8,9)12-3/h14-17,21H,10-13H2,1-9H3. The van der Waals surface area contributed by atoms with Gasteiger partial charge in [0.25, 0.3) is 0 Å². The molecule has 27 heavy (non-hydrogen) atoms. The fourth-order valence-electron chi connectivity index (χ4n) is 2.93. The van der Waals surface area contributed by atoms with Gasteiger partial charge in [0.2, 0.25) is 0 Å². The Morgan fingerprint density at radius 1 is 1.00 bits per heavy atom. The molecular formula is C24H40O3. The Kier molecular flexibility index (Phi) is 8.38. The van der Waals surface area contributed by atoms with Crippen molar-refractivity contribution >= 4 is 5.97 Å². The normalized spacial score (nSPS) is 13.6. The van der Waals surface area contributed by atoms with Gasteiger partial charge in [-0.1, -0.05) is 67.0 Å². The summed E-state index contributed by atoms with van der Waals surface area (Å²) in [6, 6.07) is 6.47. The van der Waals surface area contributed by atoms with Crippen molar-refractivity contribution in [3.8, 4) is 5.75 Å². The Morgan fingerprint density at radius 3 is 2.07 bits per heavy atom. The van der Waals surface area contributed by atoms with Crippen LogP contribution >= 0.6 is 0 Å². The predicted octanol–water partition coefficient (Wildman–Crippen LogP) is 6.56. The molecule has 0 N–H and O–H groups in total. The molecule has 0 aliphatic rings. The summed E-state index contributed by atoms with van der Waals surface area (Å²) >= 11 is 0. The number of rotatable bonds is 10. The number of carbonyl (C=O) groups is 1. The summed E-state index contributed by atoms with van der Waals surface area (Å²) in [6.45, 7) is 19.2. The third-order valence-corrected chi connectivity index (χ3v) is 5.69. The van der Waals surface area contributed by atoms with Gasteiger partial charge in [-0.2, -0.15) is 0 Å². The Morgan fingerprint density at radius 2 is 1.59 bits per heavy atom. The molecule has 0 aromatic heterocycles. The molecule has 0 saturated heterocycles. The second kappa shape index (κ2) is 9.61. The third-order valence-electron chi connectivity index (χ3n) is 5.69. The first-order valence-corrected chi connectivity index (χ1v) is 10.5. The molecule has 0 saturated carbocycles. The van der Waals surface area contributed by atoms with Gasteiger partial charge >= 0.3 is 5.97 Å². The number of benzene rings is 1. The number of esters is 1. The van der Waals surface area contributed by atoms with Crippen LogP contribution in [0.3, 0.4) is 0 Å². The molecule has 154 valence electrons.